The monoisotopic (exact) mass is 379 g/mol. The van der Waals surface area contributed by atoms with Crippen molar-refractivity contribution in [2.24, 2.45) is 5.92 Å². The van der Waals surface area contributed by atoms with Gasteiger partial charge >= 0.3 is 0 Å². The number of hydrogen-bond acceptors (Lipinski definition) is 3. The summed E-state index contributed by atoms with van der Waals surface area (Å²) in [5.74, 6) is -0.813. The first-order valence-corrected chi connectivity index (χ1v) is 9.46. The Morgan fingerprint density at radius 1 is 1.14 bits per heavy atom. The van der Waals surface area contributed by atoms with E-state index in [1.807, 2.05) is 37.3 Å². The molecule has 1 heterocycles. The molecule has 1 atom stereocenters. The maximum atomic E-state index is 12.8. The maximum absolute atomic E-state index is 12.8. The van der Waals surface area contributed by atoms with Crippen LogP contribution >= 0.6 is 0 Å². The Morgan fingerprint density at radius 3 is 2.61 bits per heavy atom. The molecule has 0 bridgehead atoms. The van der Waals surface area contributed by atoms with Crippen molar-refractivity contribution in [1.29, 1.82) is 0 Å². The zero-order chi connectivity index (χ0) is 20.3. The van der Waals surface area contributed by atoms with Gasteiger partial charge in [-0.3, -0.25) is 14.4 Å². The number of benzene rings is 2. The molecule has 6 heteroatoms. The molecule has 146 valence electrons. The molecule has 1 saturated heterocycles. The molecule has 2 N–H and O–H groups in total. The van der Waals surface area contributed by atoms with Crippen LogP contribution < -0.4 is 15.5 Å². The molecule has 0 aliphatic carbocycles. The highest BCUT2D eigenvalue weighted by atomic mass is 16.2. The summed E-state index contributed by atoms with van der Waals surface area (Å²) >= 11 is 0. The van der Waals surface area contributed by atoms with Crippen LogP contribution in [0.5, 0.6) is 0 Å². The first-order valence-electron chi connectivity index (χ1n) is 9.46. The maximum Gasteiger partial charge on any atom is 0.229 e. The van der Waals surface area contributed by atoms with Crippen molar-refractivity contribution in [2.75, 3.05) is 22.1 Å². The second kappa shape index (κ2) is 8.25. The van der Waals surface area contributed by atoms with Crippen LogP contribution in [-0.4, -0.2) is 24.3 Å². The minimum Gasteiger partial charge on any atom is -0.326 e. The Bertz CT molecular complexity index is 923. The Kier molecular flexibility index (Phi) is 5.78. The fourth-order valence-corrected chi connectivity index (χ4v) is 3.46. The van der Waals surface area contributed by atoms with E-state index in [0.29, 0.717) is 17.9 Å². The molecule has 2 aromatic carbocycles. The number of amides is 3. The number of carbonyl (C=O) groups is 3. The summed E-state index contributed by atoms with van der Waals surface area (Å²) in [6.45, 7) is 5.74. The van der Waals surface area contributed by atoms with E-state index < -0.39 is 5.92 Å². The number of anilines is 3. The van der Waals surface area contributed by atoms with Gasteiger partial charge in [-0.1, -0.05) is 31.2 Å². The number of nitrogens with zero attached hydrogens (tertiary/aromatic N) is 1. The number of nitrogens with one attached hydrogen (secondary N) is 2. The largest absolute Gasteiger partial charge is 0.326 e. The number of hydrogen-bond donors (Lipinski definition) is 2. The second-order valence-electron chi connectivity index (χ2n) is 7.09. The molecule has 0 radical (unpaired) electrons. The van der Waals surface area contributed by atoms with E-state index in [1.54, 1.807) is 17.0 Å². The highest BCUT2D eigenvalue weighted by Gasteiger charge is 2.35. The zero-order valence-electron chi connectivity index (χ0n) is 16.4. The van der Waals surface area contributed by atoms with Crippen LogP contribution in [0.15, 0.2) is 42.5 Å². The molecule has 1 unspecified atom stereocenters. The van der Waals surface area contributed by atoms with Crippen LogP contribution in [-0.2, 0) is 20.8 Å². The molecule has 0 spiro atoms. The Morgan fingerprint density at radius 2 is 1.89 bits per heavy atom. The molecule has 3 amide bonds. The van der Waals surface area contributed by atoms with Crippen LogP contribution in [0.1, 0.15) is 31.4 Å². The smallest absolute Gasteiger partial charge is 0.229 e. The van der Waals surface area contributed by atoms with E-state index in [1.165, 1.54) is 6.92 Å². The van der Waals surface area contributed by atoms with Gasteiger partial charge in [0, 0.05) is 37.0 Å². The van der Waals surface area contributed by atoms with Gasteiger partial charge in [0.2, 0.25) is 17.7 Å². The summed E-state index contributed by atoms with van der Waals surface area (Å²) in [6, 6.07) is 13.2. The van der Waals surface area contributed by atoms with E-state index in [-0.39, 0.29) is 24.1 Å². The summed E-state index contributed by atoms with van der Waals surface area (Å²) in [6.07, 6.45) is 1.01. The van der Waals surface area contributed by atoms with Crippen molar-refractivity contribution < 1.29 is 14.4 Å². The van der Waals surface area contributed by atoms with Crippen LogP contribution in [0.2, 0.25) is 0 Å². The van der Waals surface area contributed by atoms with Crippen molar-refractivity contribution in [3.63, 3.8) is 0 Å². The fraction of sp³-hybridized carbons (Fsp3) is 0.318. The van der Waals surface area contributed by atoms with Crippen molar-refractivity contribution in [1.82, 2.24) is 0 Å². The molecule has 1 aliphatic heterocycles. The summed E-state index contributed by atoms with van der Waals surface area (Å²) in [5.41, 5.74) is 4.12. The lowest BCUT2D eigenvalue weighted by molar-refractivity contribution is -0.122. The average molecular weight is 379 g/mol. The number of carbonyl (C=O) groups excluding carboxylic acids is 3. The first kappa shape index (κ1) is 19.6. The number of aryl methyl sites for hydroxylation is 2. The molecule has 3 rings (SSSR count). The Labute approximate surface area is 164 Å². The quantitative estimate of drug-likeness (QED) is 0.834. The van der Waals surface area contributed by atoms with Gasteiger partial charge in [0.15, 0.2) is 0 Å². The lowest BCUT2D eigenvalue weighted by atomic mass is 10.1. The molecule has 2 aromatic rings. The molecule has 1 fully saturated rings. The summed E-state index contributed by atoms with van der Waals surface area (Å²) < 4.78 is 0. The number of rotatable bonds is 5. The molecular weight excluding hydrogens is 354 g/mol. The van der Waals surface area contributed by atoms with Gasteiger partial charge in [-0.25, -0.2) is 0 Å². The van der Waals surface area contributed by atoms with E-state index in [2.05, 4.69) is 17.6 Å². The Balaban J connectivity index is 1.74. The summed E-state index contributed by atoms with van der Waals surface area (Å²) in [7, 11) is 0. The van der Waals surface area contributed by atoms with Gasteiger partial charge in [0.1, 0.15) is 0 Å². The molecule has 1 aliphatic rings. The third-order valence-corrected chi connectivity index (χ3v) is 4.97. The molecule has 28 heavy (non-hydrogen) atoms. The van der Waals surface area contributed by atoms with E-state index in [0.717, 1.165) is 23.2 Å². The van der Waals surface area contributed by atoms with Gasteiger partial charge < -0.3 is 15.5 Å². The normalized spacial score (nSPS) is 16.2. The van der Waals surface area contributed by atoms with Crippen LogP contribution in [0, 0.1) is 12.8 Å². The zero-order valence-corrected chi connectivity index (χ0v) is 16.4. The highest BCUT2D eigenvalue weighted by Crippen LogP contribution is 2.29. The van der Waals surface area contributed by atoms with Crippen molar-refractivity contribution in [3.05, 3.63) is 53.6 Å². The van der Waals surface area contributed by atoms with Crippen molar-refractivity contribution in [3.8, 4) is 0 Å². The summed E-state index contributed by atoms with van der Waals surface area (Å²) in [4.78, 5) is 38.3. The molecule has 6 nitrogen and oxygen atoms in total. The molecular formula is C22H25N3O3. The third-order valence-electron chi connectivity index (χ3n) is 4.97. The second-order valence-corrected chi connectivity index (χ2v) is 7.09. The topological polar surface area (TPSA) is 78.5 Å². The minimum atomic E-state index is -0.416. The van der Waals surface area contributed by atoms with Gasteiger partial charge in [-0.2, -0.15) is 0 Å². The van der Waals surface area contributed by atoms with E-state index in [4.69, 9.17) is 0 Å². The van der Waals surface area contributed by atoms with Gasteiger partial charge in [-0.15, -0.1) is 0 Å². The SMILES string of the molecule is CCc1ccccc1N1CC(C(=O)Nc2cc(NC(C)=O)ccc2C)CC1=O. The van der Waals surface area contributed by atoms with Gasteiger partial charge in [-0.05, 0) is 42.7 Å². The molecule has 0 saturated carbocycles. The first-order chi connectivity index (χ1) is 13.4. The third kappa shape index (κ3) is 4.22. The van der Waals surface area contributed by atoms with Crippen molar-refractivity contribution >= 4 is 34.8 Å². The van der Waals surface area contributed by atoms with Crippen LogP contribution in [0.25, 0.3) is 0 Å². The standard InChI is InChI=1S/C22H25N3O3/c1-4-16-7-5-6-8-20(16)25-13-17(11-21(25)27)22(28)24-19-12-18(23-15(3)26)10-9-14(19)2/h5-10,12,17H,4,11,13H2,1-3H3,(H,23,26)(H,24,28). The van der Waals surface area contributed by atoms with Crippen molar-refractivity contribution in [2.45, 2.75) is 33.6 Å². The van der Waals surface area contributed by atoms with Gasteiger partial charge in [0.05, 0.1) is 5.92 Å². The minimum absolute atomic E-state index is 0.0373. The van der Waals surface area contributed by atoms with E-state index in [9.17, 15) is 14.4 Å². The highest BCUT2D eigenvalue weighted by molar-refractivity contribution is 6.04. The summed E-state index contributed by atoms with van der Waals surface area (Å²) in [5, 5.41) is 5.63. The predicted molar refractivity (Wildman–Crippen MR) is 110 cm³/mol. The predicted octanol–water partition coefficient (Wildman–Crippen LogP) is 3.51. The van der Waals surface area contributed by atoms with E-state index >= 15 is 0 Å². The van der Waals surface area contributed by atoms with Crippen LogP contribution in [0.3, 0.4) is 0 Å². The fourth-order valence-electron chi connectivity index (χ4n) is 3.46. The van der Waals surface area contributed by atoms with Gasteiger partial charge in [0.25, 0.3) is 0 Å². The Hall–Kier alpha value is -3.15. The van der Waals surface area contributed by atoms with Crippen LogP contribution in [0.4, 0.5) is 17.1 Å². The lowest BCUT2D eigenvalue weighted by Crippen LogP contribution is -2.29. The average Bonchev–Trinajstić information content (AvgIpc) is 3.05. The lowest BCUT2D eigenvalue weighted by Gasteiger charge is -2.20. The number of para-hydroxylation sites is 1. The molecule has 0 aromatic heterocycles.